The van der Waals surface area contributed by atoms with Crippen molar-refractivity contribution in [3.63, 3.8) is 0 Å². The maximum absolute atomic E-state index is 12.5. The molecule has 0 radical (unpaired) electrons. The Morgan fingerprint density at radius 3 is 3.00 bits per heavy atom. The lowest BCUT2D eigenvalue weighted by molar-refractivity contribution is 0.0948. The predicted octanol–water partition coefficient (Wildman–Crippen LogP) is 1.99. The Labute approximate surface area is 153 Å². The average Bonchev–Trinajstić information content (AvgIpc) is 3.04. The molecule has 0 saturated carbocycles. The summed E-state index contributed by atoms with van der Waals surface area (Å²) in [6.07, 6.45) is 1.49. The molecule has 3 aromatic rings. The van der Waals surface area contributed by atoms with E-state index in [1.165, 1.54) is 6.20 Å². The monoisotopic (exact) mass is 373 g/mol. The van der Waals surface area contributed by atoms with Crippen molar-refractivity contribution in [1.82, 2.24) is 24.9 Å². The molecule has 10 heteroatoms. The lowest BCUT2D eigenvalue weighted by atomic mass is 10.3. The molecule has 0 aliphatic carbocycles. The first kappa shape index (κ1) is 16.4. The summed E-state index contributed by atoms with van der Waals surface area (Å²) < 4.78 is 7.17. The molecule has 26 heavy (non-hydrogen) atoms. The molecule has 9 nitrogen and oxygen atoms in total. The Bertz CT molecular complexity index is 1020. The maximum Gasteiger partial charge on any atom is 0.256 e. The Morgan fingerprint density at radius 2 is 2.19 bits per heavy atom. The number of anilines is 3. The Hall–Kier alpha value is -3.07. The van der Waals surface area contributed by atoms with E-state index in [1.54, 1.807) is 23.7 Å². The molecule has 4 heterocycles. The summed E-state index contributed by atoms with van der Waals surface area (Å²) in [7, 11) is 1.77. The number of rotatable bonds is 1. The second-order valence-corrected chi connectivity index (χ2v) is 6.15. The average molecular weight is 374 g/mol. The van der Waals surface area contributed by atoms with Crippen molar-refractivity contribution >= 4 is 40.6 Å². The van der Waals surface area contributed by atoms with E-state index in [-0.39, 0.29) is 12.5 Å². The number of hydrogen-bond acceptors (Lipinski definition) is 7. The fourth-order valence-corrected chi connectivity index (χ4v) is 2.95. The van der Waals surface area contributed by atoms with Gasteiger partial charge in [0.15, 0.2) is 5.65 Å². The molecule has 0 aromatic carbocycles. The van der Waals surface area contributed by atoms with Crippen LogP contribution in [0.15, 0.2) is 18.3 Å². The van der Waals surface area contributed by atoms with Gasteiger partial charge in [-0.3, -0.25) is 4.79 Å². The molecule has 0 fully saturated rings. The topological polar surface area (TPSA) is 105 Å². The molecule has 134 valence electrons. The van der Waals surface area contributed by atoms with Gasteiger partial charge in [-0.2, -0.15) is 14.6 Å². The molecule has 3 aromatic heterocycles. The fraction of sp³-hybridized carbons (Fsp3) is 0.250. The van der Waals surface area contributed by atoms with Crippen molar-refractivity contribution in [3.8, 4) is 5.88 Å². The molecule has 0 spiro atoms. The minimum absolute atomic E-state index is 0.234. The van der Waals surface area contributed by atoms with E-state index in [4.69, 9.17) is 16.3 Å². The first-order chi connectivity index (χ1) is 12.6. The van der Waals surface area contributed by atoms with Crippen LogP contribution in [0.5, 0.6) is 5.88 Å². The van der Waals surface area contributed by atoms with Gasteiger partial charge in [-0.25, -0.2) is 4.98 Å². The highest BCUT2D eigenvalue weighted by Crippen LogP contribution is 2.29. The highest BCUT2D eigenvalue weighted by molar-refractivity contribution is 6.32. The van der Waals surface area contributed by atoms with Crippen LogP contribution in [0.25, 0.3) is 5.65 Å². The van der Waals surface area contributed by atoms with E-state index in [1.807, 2.05) is 6.92 Å². The maximum atomic E-state index is 12.5. The number of ether oxygens (including phenoxy) is 1. The van der Waals surface area contributed by atoms with Crippen molar-refractivity contribution in [3.05, 3.63) is 34.5 Å². The zero-order valence-electron chi connectivity index (χ0n) is 14.1. The lowest BCUT2D eigenvalue weighted by Gasteiger charge is -2.13. The van der Waals surface area contributed by atoms with Gasteiger partial charge in [0.05, 0.1) is 12.7 Å². The van der Waals surface area contributed by atoms with Crippen LogP contribution in [0, 0.1) is 6.92 Å². The van der Waals surface area contributed by atoms with Crippen molar-refractivity contribution in [2.75, 3.05) is 30.8 Å². The van der Waals surface area contributed by atoms with Crippen molar-refractivity contribution in [1.29, 1.82) is 0 Å². The van der Waals surface area contributed by atoms with Gasteiger partial charge >= 0.3 is 0 Å². The Kier molecular flexibility index (Phi) is 4.00. The summed E-state index contributed by atoms with van der Waals surface area (Å²) in [6.45, 7) is 2.41. The summed E-state index contributed by atoms with van der Waals surface area (Å²) in [5.41, 5.74) is 1.65. The largest absolute Gasteiger partial charge is 0.475 e. The number of hydrogen-bond donors (Lipinski definition) is 3. The molecule has 0 saturated heterocycles. The smallest absolute Gasteiger partial charge is 0.256 e. The predicted molar refractivity (Wildman–Crippen MR) is 97.6 cm³/mol. The first-order valence-corrected chi connectivity index (χ1v) is 8.36. The van der Waals surface area contributed by atoms with Crippen molar-refractivity contribution in [2.24, 2.45) is 0 Å². The summed E-state index contributed by atoms with van der Waals surface area (Å²) in [6, 6.07) is 3.55. The Morgan fingerprint density at radius 1 is 1.35 bits per heavy atom. The fourth-order valence-electron chi connectivity index (χ4n) is 2.69. The zero-order chi connectivity index (χ0) is 18.3. The zero-order valence-corrected chi connectivity index (χ0v) is 14.9. The van der Waals surface area contributed by atoms with Crippen molar-refractivity contribution in [2.45, 2.75) is 6.92 Å². The van der Waals surface area contributed by atoms with Crippen LogP contribution in [0.3, 0.4) is 0 Å². The summed E-state index contributed by atoms with van der Waals surface area (Å²) >= 11 is 6.20. The molecule has 1 aliphatic rings. The van der Waals surface area contributed by atoms with Gasteiger partial charge in [0.2, 0.25) is 5.88 Å². The van der Waals surface area contributed by atoms with Gasteiger partial charge in [-0.05, 0) is 18.6 Å². The van der Waals surface area contributed by atoms with E-state index >= 15 is 0 Å². The standard InChI is InChI=1S/C16H16ClN7O2/c1-8-5-10(17)16-23-13(8)21-11-6-12(18-2)24-14(22-11)9(7-20-24)15(25)19-3-4-26-16/h5-7,18H,3-4H2,1-2H3,(H,19,25)(H,21,22,23). The molecule has 0 atom stereocenters. The second-order valence-electron chi connectivity index (χ2n) is 5.74. The number of amides is 1. The number of nitrogens with one attached hydrogen (secondary N) is 3. The molecule has 1 aliphatic heterocycles. The van der Waals surface area contributed by atoms with Crippen LogP contribution >= 0.6 is 11.6 Å². The van der Waals surface area contributed by atoms with E-state index in [0.29, 0.717) is 46.1 Å². The van der Waals surface area contributed by atoms with E-state index in [9.17, 15) is 4.79 Å². The number of carbonyl (C=O) groups excluding carboxylic acids is 1. The molecule has 3 N–H and O–H groups in total. The minimum atomic E-state index is -0.281. The normalized spacial score (nSPS) is 13.9. The number of pyridine rings is 1. The molecular formula is C16H16ClN7O2. The van der Waals surface area contributed by atoms with Crippen LogP contribution in [-0.2, 0) is 0 Å². The van der Waals surface area contributed by atoms with Crippen LogP contribution in [0.2, 0.25) is 5.02 Å². The van der Waals surface area contributed by atoms with E-state index in [0.717, 1.165) is 5.56 Å². The number of aryl methyl sites for hydroxylation is 1. The minimum Gasteiger partial charge on any atom is -0.475 e. The Balaban J connectivity index is 1.91. The molecular weight excluding hydrogens is 358 g/mol. The third-order valence-corrected chi connectivity index (χ3v) is 4.25. The van der Waals surface area contributed by atoms with Gasteiger partial charge in [-0.15, -0.1) is 0 Å². The first-order valence-electron chi connectivity index (χ1n) is 7.98. The highest BCUT2D eigenvalue weighted by atomic mass is 35.5. The van der Waals surface area contributed by atoms with Gasteiger partial charge in [0.25, 0.3) is 5.91 Å². The SMILES string of the molecule is CNc1cc2nc3c(cnn13)C(=O)NCCOc1nc(c(C)cc1Cl)N2. The van der Waals surface area contributed by atoms with Crippen LogP contribution < -0.4 is 20.7 Å². The summed E-state index contributed by atoms with van der Waals surface area (Å²) in [5, 5.41) is 13.7. The van der Waals surface area contributed by atoms with Crippen LogP contribution in [0.4, 0.5) is 17.5 Å². The number of nitrogens with zero attached hydrogens (tertiary/aromatic N) is 4. The molecule has 1 amide bonds. The number of halogens is 1. The van der Waals surface area contributed by atoms with Crippen LogP contribution in [0.1, 0.15) is 15.9 Å². The summed E-state index contributed by atoms with van der Waals surface area (Å²) in [4.78, 5) is 21.4. The van der Waals surface area contributed by atoms with Gasteiger partial charge in [-0.1, -0.05) is 11.6 Å². The molecule has 0 unspecified atom stereocenters. The third kappa shape index (κ3) is 2.76. The van der Waals surface area contributed by atoms with E-state index in [2.05, 4.69) is 31.0 Å². The molecule has 4 rings (SSSR count). The number of carbonyl (C=O) groups is 1. The van der Waals surface area contributed by atoms with E-state index < -0.39 is 0 Å². The second kappa shape index (κ2) is 6.34. The van der Waals surface area contributed by atoms with Crippen molar-refractivity contribution < 1.29 is 9.53 Å². The highest BCUT2D eigenvalue weighted by Gasteiger charge is 2.18. The van der Waals surface area contributed by atoms with Gasteiger partial charge in [0, 0.05) is 13.1 Å². The quantitative estimate of drug-likeness (QED) is 0.599. The number of fused-ring (bicyclic) bond motifs is 3. The lowest BCUT2D eigenvalue weighted by Crippen LogP contribution is -2.28. The van der Waals surface area contributed by atoms with Crippen LogP contribution in [-0.4, -0.2) is 45.7 Å². The number of aromatic nitrogens is 4. The van der Waals surface area contributed by atoms with Gasteiger partial charge in [0.1, 0.15) is 34.6 Å². The third-order valence-electron chi connectivity index (χ3n) is 3.98. The van der Waals surface area contributed by atoms with Gasteiger partial charge < -0.3 is 20.7 Å². The molecule has 4 bridgehead atoms. The summed E-state index contributed by atoms with van der Waals surface area (Å²) in [5.74, 6) is 1.78.